The summed E-state index contributed by atoms with van der Waals surface area (Å²) >= 11 is 5.89. The minimum Gasteiger partial charge on any atom is -0.381 e. The van der Waals surface area contributed by atoms with Crippen molar-refractivity contribution < 1.29 is 0 Å². The summed E-state index contributed by atoms with van der Waals surface area (Å²) in [5.41, 5.74) is 2.54. The fourth-order valence-electron chi connectivity index (χ4n) is 1.07. The molecule has 0 aromatic heterocycles. The van der Waals surface area contributed by atoms with Crippen molar-refractivity contribution in [3.8, 4) is 6.07 Å². The van der Waals surface area contributed by atoms with Gasteiger partial charge in [-0.15, -0.1) is 0 Å². The minimum atomic E-state index is 0.476. The zero-order chi connectivity index (χ0) is 11.3. The van der Waals surface area contributed by atoms with E-state index in [9.17, 15) is 0 Å². The maximum absolute atomic E-state index is 8.70. The number of hydrogen-bond donors (Lipinski definition) is 1. The molecule has 0 aliphatic heterocycles. The molecule has 0 spiro atoms. The lowest BCUT2D eigenvalue weighted by molar-refractivity contribution is 1.05. The molecule has 15 heavy (non-hydrogen) atoms. The number of rotatable bonds is 4. The first-order valence-electron chi connectivity index (χ1n) is 4.77. The van der Waals surface area contributed by atoms with Crippen molar-refractivity contribution >= 4 is 17.3 Å². The molecule has 0 fully saturated rings. The van der Waals surface area contributed by atoms with Gasteiger partial charge in [0.2, 0.25) is 0 Å². The highest BCUT2D eigenvalue weighted by molar-refractivity contribution is 6.32. The summed E-state index contributed by atoms with van der Waals surface area (Å²) in [4.78, 5) is 0. The molecule has 1 aromatic rings. The number of nitriles is 1. The predicted molar refractivity (Wildman–Crippen MR) is 64.1 cm³/mol. The molecule has 0 amide bonds. The molecular weight excluding hydrogens is 208 g/mol. The summed E-state index contributed by atoms with van der Waals surface area (Å²) < 4.78 is 0. The lowest BCUT2D eigenvalue weighted by Crippen LogP contribution is -2.03. The molecule has 0 saturated carbocycles. The molecule has 0 heterocycles. The van der Waals surface area contributed by atoms with Crippen LogP contribution < -0.4 is 5.32 Å². The molecule has 0 unspecified atom stereocenters. The number of hydrogen-bond acceptors (Lipinski definition) is 2. The van der Waals surface area contributed by atoms with Crippen molar-refractivity contribution in [2.24, 2.45) is 0 Å². The maximum atomic E-state index is 8.70. The normalized spacial score (nSPS) is 9.40. The smallest absolute Gasteiger partial charge is 0.101 e. The van der Waals surface area contributed by atoms with Crippen LogP contribution >= 0.6 is 11.6 Å². The van der Waals surface area contributed by atoms with Crippen molar-refractivity contribution in [3.05, 3.63) is 40.9 Å². The monoisotopic (exact) mass is 220 g/mol. The second kappa shape index (κ2) is 5.43. The lowest BCUT2D eigenvalue weighted by atomic mass is 10.2. The number of halogens is 1. The molecule has 1 rings (SSSR count). The average Bonchev–Trinajstić information content (AvgIpc) is 2.26. The van der Waals surface area contributed by atoms with E-state index in [4.69, 9.17) is 16.9 Å². The minimum absolute atomic E-state index is 0.476. The van der Waals surface area contributed by atoms with Gasteiger partial charge in [-0.3, -0.25) is 0 Å². The van der Waals surface area contributed by atoms with Crippen LogP contribution in [0, 0.1) is 11.3 Å². The van der Waals surface area contributed by atoms with Crippen LogP contribution in [0.2, 0.25) is 5.02 Å². The Kier molecular flexibility index (Phi) is 4.20. The fraction of sp³-hybridized carbons (Fsp3) is 0.250. The van der Waals surface area contributed by atoms with E-state index in [2.05, 4.69) is 18.8 Å². The van der Waals surface area contributed by atoms with Gasteiger partial charge in [-0.2, -0.15) is 5.26 Å². The molecule has 0 bridgehead atoms. The Hall–Kier alpha value is -1.46. The van der Waals surface area contributed by atoms with Crippen molar-refractivity contribution in [3.63, 3.8) is 0 Å². The Morgan fingerprint density at radius 2 is 2.33 bits per heavy atom. The van der Waals surface area contributed by atoms with Crippen molar-refractivity contribution in [2.45, 2.75) is 13.3 Å². The van der Waals surface area contributed by atoms with Gasteiger partial charge in [-0.05, 0) is 24.6 Å². The van der Waals surface area contributed by atoms with E-state index in [1.54, 1.807) is 12.1 Å². The predicted octanol–water partition coefficient (Wildman–Crippen LogP) is 3.59. The highest BCUT2D eigenvalue weighted by Gasteiger charge is 2.00. The molecule has 78 valence electrons. The molecular formula is C12H13ClN2. The van der Waals surface area contributed by atoms with E-state index in [1.165, 1.54) is 0 Å². The molecule has 1 N–H and O–H groups in total. The number of nitrogens with zero attached hydrogens (tertiary/aromatic N) is 1. The second-order valence-corrected chi connectivity index (χ2v) is 3.67. The lowest BCUT2D eigenvalue weighted by Gasteiger charge is -2.07. The molecule has 0 aliphatic rings. The van der Waals surface area contributed by atoms with Gasteiger partial charge in [-0.1, -0.05) is 30.7 Å². The molecule has 0 aliphatic carbocycles. The summed E-state index contributed by atoms with van der Waals surface area (Å²) in [7, 11) is 0. The van der Waals surface area contributed by atoms with Gasteiger partial charge < -0.3 is 5.32 Å². The van der Waals surface area contributed by atoms with Crippen LogP contribution in [0.4, 0.5) is 5.69 Å². The molecule has 2 nitrogen and oxygen atoms in total. The average molecular weight is 221 g/mol. The summed E-state index contributed by atoms with van der Waals surface area (Å²) in [6, 6.07) is 7.32. The van der Waals surface area contributed by atoms with Crippen LogP contribution in [0.3, 0.4) is 0 Å². The highest BCUT2D eigenvalue weighted by atomic mass is 35.5. The largest absolute Gasteiger partial charge is 0.381 e. The first-order chi connectivity index (χ1) is 7.17. The van der Waals surface area contributed by atoms with Gasteiger partial charge >= 0.3 is 0 Å². The van der Waals surface area contributed by atoms with Gasteiger partial charge in [0.25, 0.3) is 0 Å². The van der Waals surface area contributed by atoms with E-state index in [0.717, 1.165) is 24.2 Å². The zero-order valence-electron chi connectivity index (χ0n) is 8.68. The van der Waals surface area contributed by atoms with E-state index >= 15 is 0 Å². The van der Waals surface area contributed by atoms with Crippen LogP contribution in [0.25, 0.3) is 0 Å². The van der Waals surface area contributed by atoms with Crippen LogP contribution in [-0.4, -0.2) is 6.54 Å². The first kappa shape index (κ1) is 11.6. The molecule has 0 atom stereocenters. The highest BCUT2D eigenvalue weighted by Crippen LogP contribution is 2.20. The fourth-order valence-corrected chi connectivity index (χ4v) is 1.29. The maximum Gasteiger partial charge on any atom is 0.101 e. The van der Waals surface area contributed by atoms with Gasteiger partial charge in [0, 0.05) is 12.2 Å². The Morgan fingerprint density at radius 1 is 1.60 bits per heavy atom. The van der Waals surface area contributed by atoms with E-state index in [-0.39, 0.29) is 0 Å². The van der Waals surface area contributed by atoms with Gasteiger partial charge in [0.15, 0.2) is 0 Å². The quantitative estimate of drug-likeness (QED) is 0.788. The third-order valence-corrected chi connectivity index (χ3v) is 2.44. The van der Waals surface area contributed by atoms with Crippen LogP contribution in [-0.2, 0) is 0 Å². The third kappa shape index (κ3) is 3.30. The Labute approximate surface area is 95.2 Å². The number of anilines is 1. The Bertz CT molecular complexity index is 405. The van der Waals surface area contributed by atoms with Crippen LogP contribution in [0.1, 0.15) is 18.9 Å². The standard InChI is InChI=1S/C12H13ClN2/c1-3-9(2)8-15-11-5-4-10(7-14)12(13)6-11/h4-6,15H,2-3,8H2,1H3. The molecule has 0 saturated heterocycles. The van der Waals surface area contributed by atoms with Gasteiger partial charge in [-0.25, -0.2) is 0 Å². The summed E-state index contributed by atoms with van der Waals surface area (Å²) in [5.74, 6) is 0. The summed E-state index contributed by atoms with van der Waals surface area (Å²) in [5, 5.41) is 12.4. The van der Waals surface area contributed by atoms with Crippen molar-refractivity contribution in [1.29, 1.82) is 5.26 Å². The SMILES string of the molecule is C=C(CC)CNc1ccc(C#N)c(Cl)c1. The van der Waals surface area contributed by atoms with E-state index in [0.29, 0.717) is 10.6 Å². The van der Waals surface area contributed by atoms with Gasteiger partial charge in [0.05, 0.1) is 10.6 Å². The molecule has 0 radical (unpaired) electrons. The third-order valence-electron chi connectivity index (χ3n) is 2.13. The van der Waals surface area contributed by atoms with E-state index in [1.807, 2.05) is 12.1 Å². The summed E-state index contributed by atoms with van der Waals surface area (Å²) in [6.07, 6.45) is 0.955. The van der Waals surface area contributed by atoms with Crippen LogP contribution in [0.15, 0.2) is 30.4 Å². The first-order valence-corrected chi connectivity index (χ1v) is 5.15. The second-order valence-electron chi connectivity index (χ2n) is 3.26. The van der Waals surface area contributed by atoms with Crippen LogP contribution in [0.5, 0.6) is 0 Å². The number of nitrogens with one attached hydrogen (secondary N) is 1. The Morgan fingerprint density at radius 3 is 2.87 bits per heavy atom. The molecule has 1 aromatic carbocycles. The number of benzene rings is 1. The Balaban J connectivity index is 2.68. The van der Waals surface area contributed by atoms with Gasteiger partial charge in [0.1, 0.15) is 6.07 Å². The van der Waals surface area contributed by atoms with Crippen molar-refractivity contribution in [2.75, 3.05) is 11.9 Å². The van der Waals surface area contributed by atoms with Crippen molar-refractivity contribution in [1.82, 2.24) is 0 Å². The topological polar surface area (TPSA) is 35.8 Å². The molecule has 3 heteroatoms. The zero-order valence-corrected chi connectivity index (χ0v) is 9.43. The van der Waals surface area contributed by atoms with E-state index < -0.39 is 0 Å². The summed E-state index contributed by atoms with van der Waals surface area (Å²) in [6.45, 7) is 6.70.